The van der Waals surface area contributed by atoms with E-state index in [1.54, 1.807) is 6.20 Å². The van der Waals surface area contributed by atoms with Gasteiger partial charge in [-0.05, 0) is 56.9 Å². The normalized spacial score (nSPS) is 20.2. The molecule has 2 N–H and O–H groups in total. The molecule has 1 fully saturated rings. The van der Waals surface area contributed by atoms with Crippen molar-refractivity contribution in [2.75, 3.05) is 6.54 Å². The lowest BCUT2D eigenvalue weighted by atomic mass is 9.77. The predicted molar refractivity (Wildman–Crippen MR) is 94.9 cm³/mol. The van der Waals surface area contributed by atoms with Crippen molar-refractivity contribution in [2.45, 2.75) is 38.9 Å². The van der Waals surface area contributed by atoms with Crippen molar-refractivity contribution in [1.82, 2.24) is 4.98 Å². The Labute approximate surface area is 137 Å². The molecule has 0 saturated carbocycles. The number of nitrogens with zero attached hydrogens (tertiary/aromatic N) is 1. The van der Waals surface area contributed by atoms with Crippen LogP contribution in [-0.2, 0) is 9.31 Å². The zero-order valence-electron chi connectivity index (χ0n) is 14.2. The smallest absolute Gasteiger partial charge is 0.400 e. The monoisotopic (exact) mass is 310 g/mol. The SMILES string of the molecule is CC1(C)OB(C(=Cc2ccc3ncccc3c2)CN)OC1(C)C. The highest BCUT2D eigenvalue weighted by Crippen LogP contribution is 2.38. The average Bonchev–Trinajstić information content (AvgIpc) is 2.72. The number of hydrogen-bond donors (Lipinski definition) is 1. The topological polar surface area (TPSA) is 57.4 Å². The number of benzene rings is 1. The van der Waals surface area contributed by atoms with E-state index in [0.29, 0.717) is 6.54 Å². The van der Waals surface area contributed by atoms with Gasteiger partial charge in [0, 0.05) is 18.1 Å². The van der Waals surface area contributed by atoms with E-state index in [9.17, 15) is 0 Å². The summed E-state index contributed by atoms with van der Waals surface area (Å²) in [4.78, 5) is 4.34. The third kappa shape index (κ3) is 3.04. The maximum Gasteiger partial charge on any atom is 0.491 e. The quantitative estimate of drug-likeness (QED) is 0.885. The minimum absolute atomic E-state index is 0.362. The first-order valence-electron chi connectivity index (χ1n) is 7.93. The molecule has 0 atom stereocenters. The number of pyridine rings is 1. The molecule has 0 aliphatic carbocycles. The van der Waals surface area contributed by atoms with Gasteiger partial charge in [0.1, 0.15) is 0 Å². The van der Waals surface area contributed by atoms with Gasteiger partial charge in [-0.1, -0.05) is 18.2 Å². The number of hydrogen-bond acceptors (Lipinski definition) is 4. The second-order valence-corrected chi connectivity index (χ2v) is 6.97. The fraction of sp³-hybridized carbons (Fsp3) is 0.389. The van der Waals surface area contributed by atoms with Crippen molar-refractivity contribution >= 4 is 24.1 Å². The van der Waals surface area contributed by atoms with Crippen LogP contribution in [0.3, 0.4) is 0 Å². The average molecular weight is 310 g/mol. The molecule has 23 heavy (non-hydrogen) atoms. The summed E-state index contributed by atoms with van der Waals surface area (Å²) in [6.45, 7) is 8.57. The Hall–Kier alpha value is -1.69. The van der Waals surface area contributed by atoms with E-state index < -0.39 is 7.12 Å². The Kier molecular flexibility index (Phi) is 4.04. The summed E-state index contributed by atoms with van der Waals surface area (Å²) < 4.78 is 12.2. The maximum atomic E-state index is 6.09. The van der Waals surface area contributed by atoms with Crippen LogP contribution in [-0.4, -0.2) is 29.8 Å². The predicted octanol–water partition coefficient (Wildman–Crippen LogP) is 3.21. The van der Waals surface area contributed by atoms with Gasteiger partial charge >= 0.3 is 7.12 Å². The molecular weight excluding hydrogens is 287 g/mol. The lowest BCUT2D eigenvalue weighted by Crippen LogP contribution is -2.41. The summed E-state index contributed by atoms with van der Waals surface area (Å²) in [5, 5.41) is 1.10. The van der Waals surface area contributed by atoms with Gasteiger partial charge in [0.25, 0.3) is 0 Å². The van der Waals surface area contributed by atoms with Crippen LogP contribution in [0.1, 0.15) is 33.3 Å². The number of fused-ring (bicyclic) bond motifs is 1. The second-order valence-electron chi connectivity index (χ2n) is 6.97. The van der Waals surface area contributed by atoms with Crippen molar-refractivity contribution in [3.8, 4) is 0 Å². The highest BCUT2D eigenvalue weighted by Gasteiger charge is 2.52. The largest absolute Gasteiger partial charge is 0.491 e. The van der Waals surface area contributed by atoms with E-state index in [-0.39, 0.29) is 11.2 Å². The van der Waals surface area contributed by atoms with Crippen LogP contribution in [0, 0.1) is 0 Å². The molecule has 4 nitrogen and oxygen atoms in total. The highest BCUT2D eigenvalue weighted by atomic mass is 16.7. The van der Waals surface area contributed by atoms with Crippen LogP contribution in [0.2, 0.25) is 0 Å². The van der Waals surface area contributed by atoms with Gasteiger partial charge in [-0.3, -0.25) is 4.98 Å². The maximum absolute atomic E-state index is 6.09. The Morgan fingerprint density at radius 2 is 1.87 bits per heavy atom. The Balaban J connectivity index is 1.92. The van der Waals surface area contributed by atoms with Gasteiger partial charge in [-0.2, -0.15) is 0 Å². The van der Waals surface area contributed by atoms with Crippen molar-refractivity contribution in [2.24, 2.45) is 5.73 Å². The van der Waals surface area contributed by atoms with E-state index >= 15 is 0 Å². The molecule has 1 aromatic heterocycles. The Bertz CT molecular complexity index is 740. The minimum Gasteiger partial charge on any atom is -0.400 e. The lowest BCUT2D eigenvalue weighted by molar-refractivity contribution is 0.00578. The van der Waals surface area contributed by atoms with Crippen LogP contribution in [0.25, 0.3) is 17.0 Å². The molecule has 1 saturated heterocycles. The van der Waals surface area contributed by atoms with Crippen molar-refractivity contribution in [3.05, 3.63) is 47.6 Å². The molecule has 0 amide bonds. The van der Waals surface area contributed by atoms with Gasteiger partial charge in [-0.15, -0.1) is 0 Å². The van der Waals surface area contributed by atoms with E-state index in [4.69, 9.17) is 15.0 Å². The molecule has 3 rings (SSSR count). The molecular formula is C18H23BN2O2. The number of aromatic nitrogens is 1. The van der Waals surface area contributed by atoms with Gasteiger partial charge in [0.15, 0.2) is 0 Å². The van der Waals surface area contributed by atoms with Gasteiger partial charge < -0.3 is 15.0 Å². The molecule has 120 valence electrons. The first-order chi connectivity index (χ1) is 10.8. The van der Waals surface area contributed by atoms with Crippen LogP contribution in [0.5, 0.6) is 0 Å². The molecule has 0 unspecified atom stereocenters. The van der Waals surface area contributed by atoms with Crippen LogP contribution < -0.4 is 5.73 Å². The van der Waals surface area contributed by atoms with E-state index in [2.05, 4.69) is 23.2 Å². The Morgan fingerprint density at radius 3 is 2.52 bits per heavy atom. The molecule has 2 heterocycles. The van der Waals surface area contributed by atoms with E-state index in [1.807, 2.05) is 45.9 Å². The zero-order valence-corrected chi connectivity index (χ0v) is 14.2. The summed E-state index contributed by atoms with van der Waals surface area (Å²) in [5.74, 6) is 0. The molecule has 5 heteroatoms. The first kappa shape index (κ1) is 16.2. The molecule has 0 radical (unpaired) electrons. The Morgan fingerprint density at radius 1 is 1.17 bits per heavy atom. The third-order valence-electron chi connectivity index (χ3n) is 4.77. The van der Waals surface area contributed by atoms with E-state index in [1.165, 1.54) is 0 Å². The fourth-order valence-electron chi connectivity index (χ4n) is 2.62. The summed E-state index contributed by atoms with van der Waals surface area (Å²) in [7, 11) is -0.408. The summed E-state index contributed by atoms with van der Waals surface area (Å²) in [6, 6.07) is 10.1. The van der Waals surface area contributed by atoms with Crippen LogP contribution >= 0.6 is 0 Å². The number of rotatable bonds is 3. The summed E-state index contributed by atoms with van der Waals surface area (Å²) in [5.41, 5.74) is 8.21. The van der Waals surface area contributed by atoms with Crippen molar-refractivity contribution in [1.29, 1.82) is 0 Å². The van der Waals surface area contributed by atoms with Crippen LogP contribution in [0.15, 0.2) is 42.0 Å². The minimum atomic E-state index is -0.408. The molecule has 1 aromatic carbocycles. The highest BCUT2D eigenvalue weighted by molar-refractivity contribution is 6.55. The third-order valence-corrected chi connectivity index (χ3v) is 4.77. The molecule has 0 bridgehead atoms. The zero-order chi connectivity index (χ0) is 16.7. The summed E-state index contributed by atoms with van der Waals surface area (Å²) in [6.07, 6.45) is 3.85. The molecule has 2 aromatic rings. The molecule has 1 aliphatic rings. The van der Waals surface area contributed by atoms with Crippen LogP contribution in [0.4, 0.5) is 0 Å². The standard InChI is InChI=1S/C18H23BN2O2/c1-17(2)18(3,4)23-19(22-17)15(12-20)11-13-7-8-16-14(10-13)6-5-9-21-16/h5-11H,12,20H2,1-4H3. The van der Waals surface area contributed by atoms with Gasteiger partial charge in [0.2, 0.25) is 0 Å². The molecule has 0 spiro atoms. The van der Waals surface area contributed by atoms with Gasteiger partial charge in [-0.25, -0.2) is 0 Å². The fourth-order valence-corrected chi connectivity index (χ4v) is 2.62. The first-order valence-corrected chi connectivity index (χ1v) is 7.93. The van der Waals surface area contributed by atoms with Crippen molar-refractivity contribution < 1.29 is 9.31 Å². The van der Waals surface area contributed by atoms with Gasteiger partial charge in [0.05, 0.1) is 16.7 Å². The second kappa shape index (κ2) is 5.75. The van der Waals surface area contributed by atoms with E-state index in [0.717, 1.165) is 21.9 Å². The summed E-state index contributed by atoms with van der Waals surface area (Å²) >= 11 is 0. The molecule has 1 aliphatic heterocycles. The van der Waals surface area contributed by atoms with Crippen molar-refractivity contribution in [3.63, 3.8) is 0 Å². The number of nitrogens with two attached hydrogens (primary N) is 1. The lowest BCUT2D eigenvalue weighted by Gasteiger charge is -2.32.